The molecule has 1 fully saturated rings. The minimum Gasteiger partial charge on any atom is -0.352 e. The first kappa shape index (κ1) is 11.1. The van der Waals surface area contributed by atoms with Crippen molar-refractivity contribution >= 4 is 5.91 Å². The molecule has 0 radical (unpaired) electrons. The number of amides is 1. The first-order chi connectivity index (χ1) is 7.75. The van der Waals surface area contributed by atoms with Crippen LogP contribution < -0.4 is 5.32 Å². The maximum Gasteiger partial charge on any atom is 0.224 e. The van der Waals surface area contributed by atoms with Crippen molar-refractivity contribution < 1.29 is 4.79 Å². The first-order valence-electron chi connectivity index (χ1n) is 5.61. The number of likely N-dealkylation sites (tertiary alicyclic amines) is 1. The summed E-state index contributed by atoms with van der Waals surface area (Å²) in [6.45, 7) is 2.47. The highest BCUT2D eigenvalue weighted by atomic mass is 16.1. The Hall–Kier alpha value is -1.42. The molecule has 2 heterocycles. The number of hydrogen-bond donors (Lipinski definition) is 1. The van der Waals surface area contributed by atoms with Crippen molar-refractivity contribution in [1.29, 1.82) is 0 Å². The largest absolute Gasteiger partial charge is 0.352 e. The van der Waals surface area contributed by atoms with E-state index in [9.17, 15) is 4.79 Å². The van der Waals surface area contributed by atoms with Gasteiger partial charge >= 0.3 is 0 Å². The lowest BCUT2D eigenvalue weighted by Crippen LogP contribution is -2.31. The van der Waals surface area contributed by atoms with Crippen molar-refractivity contribution in [2.75, 3.05) is 20.1 Å². The average molecular weight is 219 g/mol. The van der Waals surface area contributed by atoms with Gasteiger partial charge < -0.3 is 10.2 Å². The second-order valence-electron chi connectivity index (χ2n) is 4.33. The fourth-order valence-electron chi connectivity index (χ4n) is 1.99. The van der Waals surface area contributed by atoms with E-state index in [2.05, 4.69) is 15.2 Å². The lowest BCUT2D eigenvalue weighted by Gasteiger charge is -2.11. The van der Waals surface area contributed by atoms with Crippen molar-refractivity contribution in [1.82, 2.24) is 15.2 Å². The Morgan fingerprint density at radius 2 is 2.56 bits per heavy atom. The Bertz CT molecular complexity index is 353. The summed E-state index contributed by atoms with van der Waals surface area (Å²) in [5.41, 5.74) is 1.04. The zero-order valence-electron chi connectivity index (χ0n) is 9.52. The van der Waals surface area contributed by atoms with Crippen LogP contribution in [0.2, 0.25) is 0 Å². The smallest absolute Gasteiger partial charge is 0.224 e. The Labute approximate surface area is 95.7 Å². The van der Waals surface area contributed by atoms with Gasteiger partial charge in [-0.05, 0) is 31.6 Å². The molecule has 1 atom stereocenters. The van der Waals surface area contributed by atoms with E-state index in [0.29, 0.717) is 6.54 Å². The van der Waals surface area contributed by atoms with Gasteiger partial charge in [-0.1, -0.05) is 6.07 Å². The molecule has 4 nitrogen and oxygen atoms in total. The summed E-state index contributed by atoms with van der Waals surface area (Å²) in [4.78, 5) is 18.0. The topological polar surface area (TPSA) is 45.2 Å². The van der Waals surface area contributed by atoms with E-state index in [0.717, 1.165) is 25.1 Å². The third-order valence-corrected chi connectivity index (χ3v) is 2.95. The molecule has 1 aromatic rings. The van der Waals surface area contributed by atoms with Crippen LogP contribution in [0.3, 0.4) is 0 Å². The molecule has 1 aliphatic rings. The zero-order valence-corrected chi connectivity index (χ0v) is 9.52. The van der Waals surface area contributed by atoms with Crippen LogP contribution in [0.25, 0.3) is 0 Å². The predicted molar refractivity (Wildman–Crippen MR) is 61.7 cm³/mol. The van der Waals surface area contributed by atoms with Crippen molar-refractivity contribution in [2.45, 2.75) is 13.0 Å². The van der Waals surface area contributed by atoms with Crippen molar-refractivity contribution in [3.8, 4) is 0 Å². The van der Waals surface area contributed by atoms with Crippen LogP contribution in [-0.4, -0.2) is 35.9 Å². The van der Waals surface area contributed by atoms with Crippen molar-refractivity contribution in [3.05, 3.63) is 30.1 Å². The van der Waals surface area contributed by atoms with Gasteiger partial charge in [0.15, 0.2) is 0 Å². The fourth-order valence-corrected chi connectivity index (χ4v) is 1.99. The molecule has 0 saturated carbocycles. The standard InChI is InChI=1S/C12H17N3O/c1-15-6-4-11(9-15)12(16)14-8-10-3-2-5-13-7-10/h2-3,5,7,11H,4,6,8-9H2,1H3,(H,14,16). The molecule has 2 rings (SSSR count). The van der Waals surface area contributed by atoms with Crippen molar-refractivity contribution in [2.24, 2.45) is 5.92 Å². The van der Waals surface area contributed by atoms with Crippen LogP contribution in [0.5, 0.6) is 0 Å². The van der Waals surface area contributed by atoms with Gasteiger partial charge in [-0.15, -0.1) is 0 Å². The number of nitrogens with zero attached hydrogens (tertiary/aromatic N) is 2. The minimum absolute atomic E-state index is 0.154. The van der Waals surface area contributed by atoms with Crippen LogP contribution >= 0.6 is 0 Å². The van der Waals surface area contributed by atoms with Gasteiger partial charge in [0.05, 0.1) is 5.92 Å². The highest BCUT2D eigenvalue weighted by Crippen LogP contribution is 2.14. The molecule has 1 unspecified atom stereocenters. The number of nitrogens with one attached hydrogen (secondary N) is 1. The Kier molecular flexibility index (Phi) is 3.51. The summed E-state index contributed by atoms with van der Waals surface area (Å²) in [5, 5.41) is 2.96. The summed E-state index contributed by atoms with van der Waals surface area (Å²) < 4.78 is 0. The molecule has 1 amide bonds. The molecule has 86 valence electrons. The van der Waals surface area contributed by atoms with E-state index in [1.165, 1.54) is 0 Å². The summed E-state index contributed by atoms with van der Waals surface area (Å²) in [7, 11) is 2.05. The maximum absolute atomic E-state index is 11.8. The van der Waals surface area contributed by atoms with Crippen LogP contribution in [0.1, 0.15) is 12.0 Å². The van der Waals surface area contributed by atoms with Crippen LogP contribution in [0.15, 0.2) is 24.5 Å². The number of carbonyl (C=O) groups is 1. The SMILES string of the molecule is CN1CCC(C(=O)NCc2cccnc2)C1. The number of rotatable bonds is 3. The van der Waals surface area contributed by atoms with Gasteiger partial charge in [0.25, 0.3) is 0 Å². The van der Waals surface area contributed by atoms with Gasteiger partial charge in [0.2, 0.25) is 5.91 Å². The van der Waals surface area contributed by atoms with Gasteiger partial charge in [0.1, 0.15) is 0 Å². The lowest BCUT2D eigenvalue weighted by atomic mass is 10.1. The minimum atomic E-state index is 0.154. The molecule has 1 N–H and O–H groups in total. The molecule has 0 spiro atoms. The van der Waals surface area contributed by atoms with Crippen LogP contribution in [0.4, 0.5) is 0 Å². The van der Waals surface area contributed by atoms with Gasteiger partial charge in [-0.2, -0.15) is 0 Å². The monoisotopic (exact) mass is 219 g/mol. The Balaban J connectivity index is 1.80. The molecule has 4 heteroatoms. The molecule has 0 aliphatic carbocycles. The summed E-state index contributed by atoms with van der Waals surface area (Å²) in [5.74, 6) is 0.315. The van der Waals surface area contributed by atoms with E-state index in [1.54, 1.807) is 12.4 Å². The molecule has 1 aliphatic heterocycles. The van der Waals surface area contributed by atoms with E-state index in [4.69, 9.17) is 0 Å². The highest BCUT2D eigenvalue weighted by molar-refractivity contribution is 5.79. The Morgan fingerprint density at radius 3 is 3.19 bits per heavy atom. The van der Waals surface area contributed by atoms with E-state index in [1.807, 2.05) is 19.2 Å². The molecular formula is C12H17N3O. The number of hydrogen-bond acceptors (Lipinski definition) is 3. The molecular weight excluding hydrogens is 202 g/mol. The van der Waals surface area contributed by atoms with E-state index < -0.39 is 0 Å². The second-order valence-corrected chi connectivity index (χ2v) is 4.33. The number of carbonyl (C=O) groups excluding carboxylic acids is 1. The predicted octanol–water partition coefficient (Wildman–Crippen LogP) is 0.649. The third kappa shape index (κ3) is 2.79. The van der Waals surface area contributed by atoms with E-state index in [-0.39, 0.29) is 11.8 Å². The first-order valence-corrected chi connectivity index (χ1v) is 5.61. The summed E-state index contributed by atoms with van der Waals surface area (Å²) >= 11 is 0. The number of pyridine rings is 1. The zero-order chi connectivity index (χ0) is 11.4. The maximum atomic E-state index is 11.8. The molecule has 1 aromatic heterocycles. The molecule has 0 aromatic carbocycles. The Morgan fingerprint density at radius 1 is 1.69 bits per heavy atom. The summed E-state index contributed by atoms with van der Waals surface area (Å²) in [6.07, 6.45) is 4.48. The van der Waals surface area contributed by atoms with Crippen LogP contribution in [0, 0.1) is 5.92 Å². The van der Waals surface area contributed by atoms with Crippen LogP contribution in [-0.2, 0) is 11.3 Å². The highest BCUT2D eigenvalue weighted by Gasteiger charge is 2.25. The van der Waals surface area contributed by atoms with Gasteiger partial charge in [-0.3, -0.25) is 9.78 Å². The van der Waals surface area contributed by atoms with Gasteiger partial charge in [-0.25, -0.2) is 0 Å². The lowest BCUT2D eigenvalue weighted by molar-refractivity contribution is -0.124. The quantitative estimate of drug-likeness (QED) is 0.812. The second kappa shape index (κ2) is 5.07. The van der Waals surface area contributed by atoms with Gasteiger partial charge in [0, 0.05) is 25.5 Å². The summed E-state index contributed by atoms with van der Waals surface area (Å²) in [6, 6.07) is 3.85. The third-order valence-electron chi connectivity index (χ3n) is 2.95. The van der Waals surface area contributed by atoms with E-state index >= 15 is 0 Å². The normalized spacial score (nSPS) is 20.9. The molecule has 1 saturated heterocycles. The molecule has 16 heavy (non-hydrogen) atoms. The number of aromatic nitrogens is 1. The average Bonchev–Trinajstić information content (AvgIpc) is 2.74. The molecule has 0 bridgehead atoms. The fraction of sp³-hybridized carbons (Fsp3) is 0.500. The van der Waals surface area contributed by atoms with Crippen molar-refractivity contribution in [3.63, 3.8) is 0 Å².